The zero-order valence-electron chi connectivity index (χ0n) is 14.9. The van der Waals surface area contributed by atoms with Gasteiger partial charge in [-0.25, -0.2) is 0 Å². The summed E-state index contributed by atoms with van der Waals surface area (Å²) in [6.45, 7) is 13.3. The summed E-state index contributed by atoms with van der Waals surface area (Å²) in [7, 11) is 0. The normalized spacial score (nSPS) is 29.4. The Bertz CT molecular complexity index is 281. The quantitative estimate of drug-likeness (QED) is 0.785. The second-order valence-corrected chi connectivity index (χ2v) is 8.26. The fraction of sp³-hybridized carbons (Fsp3) is 1.00. The van der Waals surface area contributed by atoms with Crippen molar-refractivity contribution in [2.75, 3.05) is 19.6 Å². The number of piperazine rings is 1. The van der Waals surface area contributed by atoms with Crippen molar-refractivity contribution in [1.29, 1.82) is 0 Å². The van der Waals surface area contributed by atoms with Crippen LogP contribution in [0.2, 0.25) is 0 Å². The molecule has 0 radical (unpaired) electrons. The maximum absolute atomic E-state index is 3.91. The Morgan fingerprint density at radius 2 is 1.76 bits per heavy atom. The standard InChI is InChI=1S/C19H38N2/c1-15(2)9-8-12-21-14-18(17-10-6-5-7-11-17)20-13-19(21)16(3)4/h15-20H,5-14H2,1-4H3. The first-order valence-corrected chi connectivity index (χ1v) is 9.55. The highest BCUT2D eigenvalue weighted by Gasteiger charge is 2.33. The minimum absolute atomic E-state index is 0.747. The molecule has 2 unspecified atom stereocenters. The van der Waals surface area contributed by atoms with Crippen LogP contribution in [-0.4, -0.2) is 36.6 Å². The molecule has 1 saturated carbocycles. The van der Waals surface area contributed by atoms with Crippen molar-refractivity contribution in [3.05, 3.63) is 0 Å². The van der Waals surface area contributed by atoms with Crippen LogP contribution < -0.4 is 5.32 Å². The zero-order valence-corrected chi connectivity index (χ0v) is 14.9. The molecule has 2 rings (SSSR count). The van der Waals surface area contributed by atoms with E-state index in [2.05, 4.69) is 37.9 Å². The lowest BCUT2D eigenvalue weighted by Crippen LogP contribution is -2.60. The highest BCUT2D eigenvalue weighted by atomic mass is 15.2. The molecule has 1 aliphatic heterocycles. The minimum Gasteiger partial charge on any atom is -0.311 e. The van der Waals surface area contributed by atoms with Crippen LogP contribution in [0.5, 0.6) is 0 Å². The first kappa shape index (κ1) is 17.3. The highest BCUT2D eigenvalue weighted by Crippen LogP contribution is 2.29. The van der Waals surface area contributed by atoms with Crippen molar-refractivity contribution >= 4 is 0 Å². The molecule has 2 aliphatic rings. The molecule has 124 valence electrons. The molecule has 1 heterocycles. The van der Waals surface area contributed by atoms with E-state index in [1.54, 1.807) is 0 Å². The van der Waals surface area contributed by atoms with Gasteiger partial charge in [0, 0.05) is 25.2 Å². The molecule has 2 heteroatoms. The molecule has 0 amide bonds. The van der Waals surface area contributed by atoms with Crippen LogP contribution in [0.25, 0.3) is 0 Å². The van der Waals surface area contributed by atoms with E-state index >= 15 is 0 Å². The number of hydrogen-bond acceptors (Lipinski definition) is 2. The van der Waals surface area contributed by atoms with Crippen molar-refractivity contribution in [2.24, 2.45) is 17.8 Å². The van der Waals surface area contributed by atoms with E-state index in [0.717, 1.165) is 29.8 Å². The van der Waals surface area contributed by atoms with Gasteiger partial charge in [0.25, 0.3) is 0 Å². The fourth-order valence-corrected chi connectivity index (χ4v) is 4.32. The predicted octanol–water partition coefficient (Wildman–Crippen LogP) is 4.30. The van der Waals surface area contributed by atoms with Crippen LogP contribution in [0.15, 0.2) is 0 Å². The van der Waals surface area contributed by atoms with Crippen molar-refractivity contribution in [3.63, 3.8) is 0 Å². The Morgan fingerprint density at radius 3 is 2.38 bits per heavy atom. The topological polar surface area (TPSA) is 15.3 Å². The molecule has 0 aromatic carbocycles. The van der Waals surface area contributed by atoms with Crippen LogP contribution in [0.3, 0.4) is 0 Å². The smallest absolute Gasteiger partial charge is 0.0244 e. The Labute approximate surface area is 133 Å². The van der Waals surface area contributed by atoms with Gasteiger partial charge in [0.1, 0.15) is 0 Å². The van der Waals surface area contributed by atoms with Gasteiger partial charge in [0.2, 0.25) is 0 Å². The second-order valence-electron chi connectivity index (χ2n) is 8.26. The van der Waals surface area contributed by atoms with Crippen LogP contribution in [0.1, 0.15) is 72.6 Å². The van der Waals surface area contributed by atoms with Crippen molar-refractivity contribution in [2.45, 2.75) is 84.7 Å². The molecule has 1 aliphatic carbocycles. The van der Waals surface area contributed by atoms with E-state index < -0.39 is 0 Å². The monoisotopic (exact) mass is 294 g/mol. The number of nitrogens with zero attached hydrogens (tertiary/aromatic N) is 1. The summed E-state index contributed by atoms with van der Waals surface area (Å²) in [6, 6.07) is 1.51. The van der Waals surface area contributed by atoms with Crippen molar-refractivity contribution < 1.29 is 0 Å². The summed E-state index contributed by atoms with van der Waals surface area (Å²) in [6.07, 6.45) is 10.1. The molecule has 0 bridgehead atoms. The molecule has 0 spiro atoms. The predicted molar refractivity (Wildman–Crippen MR) is 92.6 cm³/mol. The van der Waals surface area contributed by atoms with Crippen LogP contribution in [0, 0.1) is 17.8 Å². The summed E-state index contributed by atoms with van der Waals surface area (Å²) in [5.74, 6) is 2.56. The van der Waals surface area contributed by atoms with Crippen LogP contribution >= 0.6 is 0 Å². The summed E-state index contributed by atoms with van der Waals surface area (Å²) < 4.78 is 0. The molecule has 0 aromatic rings. The van der Waals surface area contributed by atoms with E-state index in [-0.39, 0.29) is 0 Å². The average molecular weight is 295 g/mol. The summed E-state index contributed by atoms with van der Waals surface area (Å²) >= 11 is 0. The molecular weight excluding hydrogens is 256 g/mol. The van der Waals surface area contributed by atoms with Gasteiger partial charge in [-0.2, -0.15) is 0 Å². The maximum Gasteiger partial charge on any atom is 0.0244 e. The third-order valence-electron chi connectivity index (χ3n) is 5.70. The Kier molecular flexibility index (Phi) is 7.01. The molecule has 0 aromatic heterocycles. The molecule has 1 N–H and O–H groups in total. The molecule has 2 fully saturated rings. The highest BCUT2D eigenvalue weighted by molar-refractivity contribution is 4.91. The van der Waals surface area contributed by atoms with E-state index in [4.69, 9.17) is 0 Å². The van der Waals surface area contributed by atoms with E-state index in [0.29, 0.717) is 0 Å². The van der Waals surface area contributed by atoms with Gasteiger partial charge in [0.05, 0.1) is 0 Å². The fourth-order valence-electron chi connectivity index (χ4n) is 4.32. The van der Waals surface area contributed by atoms with Crippen LogP contribution in [0.4, 0.5) is 0 Å². The molecule has 2 atom stereocenters. The van der Waals surface area contributed by atoms with Gasteiger partial charge < -0.3 is 5.32 Å². The third kappa shape index (κ3) is 5.25. The molecule has 1 saturated heterocycles. The van der Waals surface area contributed by atoms with E-state index in [1.807, 2.05) is 0 Å². The number of hydrogen-bond donors (Lipinski definition) is 1. The van der Waals surface area contributed by atoms with Gasteiger partial charge in [-0.15, -0.1) is 0 Å². The molecule has 21 heavy (non-hydrogen) atoms. The summed E-state index contributed by atoms with van der Waals surface area (Å²) in [5.41, 5.74) is 0. The lowest BCUT2D eigenvalue weighted by molar-refractivity contribution is 0.0700. The first-order chi connectivity index (χ1) is 10.1. The lowest BCUT2D eigenvalue weighted by atomic mass is 9.82. The Balaban J connectivity index is 1.87. The zero-order chi connectivity index (χ0) is 15.2. The summed E-state index contributed by atoms with van der Waals surface area (Å²) in [4.78, 5) is 2.82. The van der Waals surface area contributed by atoms with Gasteiger partial charge in [-0.3, -0.25) is 4.90 Å². The Hall–Kier alpha value is -0.0800. The van der Waals surface area contributed by atoms with E-state index in [1.165, 1.54) is 64.6 Å². The number of rotatable bonds is 6. The van der Waals surface area contributed by atoms with Crippen molar-refractivity contribution in [3.8, 4) is 0 Å². The second kappa shape index (κ2) is 8.53. The van der Waals surface area contributed by atoms with E-state index in [9.17, 15) is 0 Å². The SMILES string of the molecule is CC(C)CCCN1CC(C2CCCCC2)NCC1C(C)C. The minimum atomic E-state index is 0.747. The van der Waals surface area contributed by atoms with Gasteiger partial charge in [-0.05, 0) is 50.0 Å². The third-order valence-corrected chi connectivity index (χ3v) is 5.70. The number of nitrogens with one attached hydrogen (secondary N) is 1. The Morgan fingerprint density at radius 1 is 1.05 bits per heavy atom. The summed E-state index contributed by atoms with van der Waals surface area (Å²) in [5, 5.41) is 3.91. The molecular formula is C19H38N2. The maximum atomic E-state index is 3.91. The largest absolute Gasteiger partial charge is 0.311 e. The van der Waals surface area contributed by atoms with Gasteiger partial charge in [0.15, 0.2) is 0 Å². The lowest BCUT2D eigenvalue weighted by Gasteiger charge is -2.45. The molecule has 2 nitrogen and oxygen atoms in total. The van der Waals surface area contributed by atoms with Gasteiger partial charge >= 0.3 is 0 Å². The first-order valence-electron chi connectivity index (χ1n) is 9.55. The van der Waals surface area contributed by atoms with Crippen LogP contribution in [-0.2, 0) is 0 Å². The van der Waals surface area contributed by atoms with Crippen molar-refractivity contribution in [1.82, 2.24) is 10.2 Å². The average Bonchev–Trinajstić information content (AvgIpc) is 2.47. The van der Waals surface area contributed by atoms with Gasteiger partial charge in [-0.1, -0.05) is 47.0 Å².